The predicted molar refractivity (Wildman–Crippen MR) is 108 cm³/mol. The fourth-order valence-electron chi connectivity index (χ4n) is 2.69. The number of benzene rings is 3. The van der Waals surface area contributed by atoms with Crippen molar-refractivity contribution in [1.82, 2.24) is 0 Å². The van der Waals surface area contributed by atoms with Crippen LogP contribution in [-0.4, -0.2) is 13.1 Å². The smallest absolute Gasteiger partial charge is 0.449 e. The standard InChI is InChI=1S/C22H21O5P/c1-17-13-15-18(16-14-17)21(22(23)25-2)28(24,26-19-9-5-3-6-10-19)27-20-11-7-4-8-12-20/h3-16,21H,1-2H3. The molecule has 0 fully saturated rings. The Morgan fingerprint density at radius 1 is 0.786 bits per heavy atom. The molecule has 0 saturated carbocycles. The summed E-state index contributed by atoms with van der Waals surface area (Å²) in [4.78, 5) is 12.7. The Morgan fingerprint density at radius 3 is 1.68 bits per heavy atom. The van der Waals surface area contributed by atoms with E-state index in [1.165, 1.54) is 7.11 Å². The van der Waals surface area contributed by atoms with Gasteiger partial charge in [0.15, 0.2) is 0 Å². The molecular formula is C22H21O5P. The summed E-state index contributed by atoms with van der Waals surface area (Å²) in [7, 11) is -2.81. The maximum Gasteiger partial charge on any atom is 0.449 e. The third kappa shape index (κ3) is 4.62. The fourth-order valence-corrected chi connectivity index (χ4v) is 4.67. The number of carbonyl (C=O) groups excluding carboxylic acids is 1. The van der Waals surface area contributed by atoms with Gasteiger partial charge in [0.1, 0.15) is 11.5 Å². The summed E-state index contributed by atoms with van der Waals surface area (Å²) in [5.74, 6) is -0.0235. The van der Waals surface area contributed by atoms with E-state index >= 15 is 0 Å². The van der Waals surface area contributed by atoms with E-state index in [1.54, 1.807) is 60.7 Å². The molecule has 3 rings (SSSR count). The van der Waals surface area contributed by atoms with Crippen LogP contribution in [0.25, 0.3) is 0 Å². The van der Waals surface area contributed by atoms with Crippen LogP contribution in [0.1, 0.15) is 16.8 Å². The molecule has 0 heterocycles. The highest BCUT2D eigenvalue weighted by atomic mass is 31.2. The Balaban J connectivity index is 2.09. The largest absolute Gasteiger partial charge is 0.468 e. The van der Waals surface area contributed by atoms with Crippen LogP contribution >= 0.6 is 7.60 Å². The Labute approximate surface area is 164 Å². The summed E-state index contributed by atoms with van der Waals surface area (Å²) in [5, 5.41) is 0. The van der Waals surface area contributed by atoms with Crippen molar-refractivity contribution in [3.05, 3.63) is 96.1 Å². The molecule has 0 saturated heterocycles. The van der Waals surface area contributed by atoms with E-state index in [0.29, 0.717) is 17.1 Å². The van der Waals surface area contributed by atoms with Gasteiger partial charge in [0, 0.05) is 0 Å². The third-order valence-corrected chi connectivity index (χ3v) is 6.16. The van der Waals surface area contributed by atoms with Crippen molar-refractivity contribution in [3.8, 4) is 11.5 Å². The Morgan fingerprint density at radius 2 is 1.25 bits per heavy atom. The number of methoxy groups -OCH3 is 1. The van der Waals surface area contributed by atoms with Gasteiger partial charge in [-0.25, -0.2) is 4.57 Å². The van der Waals surface area contributed by atoms with Crippen molar-refractivity contribution >= 4 is 13.6 Å². The lowest BCUT2D eigenvalue weighted by atomic mass is 10.1. The molecule has 0 bridgehead atoms. The number of rotatable bonds is 7. The quantitative estimate of drug-likeness (QED) is 0.386. The van der Waals surface area contributed by atoms with E-state index in [4.69, 9.17) is 13.8 Å². The number of hydrogen-bond acceptors (Lipinski definition) is 5. The number of esters is 1. The van der Waals surface area contributed by atoms with Gasteiger partial charge < -0.3 is 13.8 Å². The summed E-state index contributed by atoms with van der Waals surface area (Å²) in [6, 6.07) is 24.4. The number of aryl methyl sites for hydroxylation is 1. The SMILES string of the molecule is COC(=O)C(c1ccc(C)cc1)P(=O)(Oc1ccccc1)Oc1ccccc1. The van der Waals surface area contributed by atoms with Crippen LogP contribution < -0.4 is 9.05 Å². The molecule has 0 aromatic heterocycles. The molecule has 3 aromatic carbocycles. The van der Waals surface area contributed by atoms with Crippen LogP contribution in [0.4, 0.5) is 0 Å². The summed E-state index contributed by atoms with van der Waals surface area (Å²) in [6.45, 7) is 1.93. The van der Waals surface area contributed by atoms with E-state index < -0.39 is 19.2 Å². The van der Waals surface area contributed by atoms with Gasteiger partial charge in [0.2, 0.25) is 5.66 Å². The van der Waals surface area contributed by atoms with Crippen molar-refractivity contribution in [2.45, 2.75) is 12.6 Å². The molecular weight excluding hydrogens is 375 g/mol. The third-order valence-electron chi connectivity index (χ3n) is 4.09. The topological polar surface area (TPSA) is 61.8 Å². The van der Waals surface area contributed by atoms with Gasteiger partial charge >= 0.3 is 13.6 Å². The highest BCUT2D eigenvalue weighted by Crippen LogP contribution is 2.60. The second kappa shape index (κ2) is 8.77. The average molecular weight is 396 g/mol. The van der Waals surface area contributed by atoms with Crippen LogP contribution in [0.3, 0.4) is 0 Å². The first-order valence-electron chi connectivity index (χ1n) is 8.75. The first-order chi connectivity index (χ1) is 13.5. The lowest BCUT2D eigenvalue weighted by molar-refractivity contribution is -0.140. The van der Waals surface area contributed by atoms with Crippen molar-refractivity contribution in [1.29, 1.82) is 0 Å². The van der Waals surface area contributed by atoms with Crippen LogP contribution in [0, 0.1) is 6.92 Å². The number of carbonyl (C=O) groups is 1. The van der Waals surface area contributed by atoms with Crippen molar-refractivity contribution < 1.29 is 23.1 Å². The Bertz CT molecular complexity index is 910. The van der Waals surface area contributed by atoms with Crippen LogP contribution in [0.5, 0.6) is 11.5 Å². The molecule has 0 aliphatic rings. The lowest BCUT2D eigenvalue weighted by Gasteiger charge is -2.26. The van der Waals surface area contributed by atoms with E-state index in [0.717, 1.165) is 5.56 Å². The minimum atomic E-state index is -4.06. The average Bonchev–Trinajstić information content (AvgIpc) is 2.71. The van der Waals surface area contributed by atoms with Gasteiger partial charge in [-0.3, -0.25) is 4.79 Å². The zero-order valence-corrected chi connectivity index (χ0v) is 16.5. The van der Waals surface area contributed by atoms with Crippen LogP contribution in [0.15, 0.2) is 84.9 Å². The molecule has 0 spiro atoms. The summed E-state index contributed by atoms with van der Waals surface area (Å²) in [6.07, 6.45) is 0. The molecule has 144 valence electrons. The number of hydrogen-bond donors (Lipinski definition) is 0. The highest BCUT2D eigenvalue weighted by molar-refractivity contribution is 7.56. The van der Waals surface area contributed by atoms with Crippen LogP contribution in [0.2, 0.25) is 0 Å². The molecule has 0 aliphatic carbocycles. The maximum atomic E-state index is 14.0. The molecule has 0 amide bonds. The lowest BCUT2D eigenvalue weighted by Crippen LogP contribution is -2.20. The van der Waals surface area contributed by atoms with E-state index in [9.17, 15) is 9.36 Å². The first-order valence-corrected chi connectivity index (χ1v) is 10.4. The molecule has 6 heteroatoms. The van der Waals surface area contributed by atoms with Gasteiger partial charge in [-0.1, -0.05) is 66.2 Å². The van der Waals surface area contributed by atoms with E-state index in [2.05, 4.69) is 0 Å². The molecule has 5 nitrogen and oxygen atoms in total. The summed E-state index contributed by atoms with van der Waals surface area (Å²) >= 11 is 0. The maximum absolute atomic E-state index is 14.0. The zero-order valence-electron chi connectivity index (χ0n) is 15.6. The monoisotopic (exact) mass is 396 g/mol. The molecule has 0 radical (unpaired) electrons. The summed E-state index contributed by atoms with van der Waals surface area (Å²) < 4.78 is 30.6. The van der Waals surface area contributed by atoms with Gasteiger partial charge in [0.25, 0.3) is 0 Å². The number of para-hydroxylation sites is 2. The highest BCUT2D eigenvalue weighted by Gasteiger charge is 2.46. The first kappa shape index (κ1) is 19.7. The molecule has 0 aliphatic heterocycles. The van der Waals surface area contributed by atoms with E-state index in [-0.39, 0.29) is 0 Å². The van der Waals surface area contributed by atoms with Crippen LogP contribution in [-0.2, 0) is 14.1 Å². The second-order valence-electron chi connectivity index (χ2n) is 6.18. The second-order valence-corrected chi connectivity index (χ2v) is 8.15. The zero-order chi connectivity index (χ0) is 20.0. The van der Waals surface area contributed by atoms with E-state index in [1.807, 2.05) is 31.2 Å². The minimum Gasteiger partial charge on any atom is -0.468 e. The molecule has 3 aromatic rings. The van der Waals surface area contributed by atoms with Crippen molar-refractivity contribution in [2.24, 2.45) is 0 Å². The molecule has 28 heavy (non-hydrogen) atoms. The Hall–Kier alpha value is -3.04. The number of ether oxygens (including phenoxy) is 1. The Kier molecular flexibility index (Phi) is 6.17. The molecule has 1 atom stereocenters. The fraction of sp³-hybridized carbons (Fsp3) is 0.136. The summed E-state index contributed by atoms with van der Waals surface area (Å²) in [5.41, 5.74) is 0.265. The van der Waals surface area contributed by atoms with Gasteiger partial charge in [-0.15, -0.1) is 0 Å². The van der Waals surface area contributed by atoms with Gasteiger partial charge in [-0.05, 0) is 36.8 Å². The van der Waals surface area contributed by atoms with Crippen molar-refractivity contribution in [3.63, 3.8) is 0 Å². The minimum absolute atomic E-state index is 0.336. The predicted octanol–water partition coefficient (Wildman–Crippen LogP) is 5.56. The molecule has 0 N–H and O–H groups in total. The normalized spacial score (nSPS) is 12.1. The van der Waals surface area contributed by atoms with Crippen molar-refractivity contribution in [2.75, 3.05) is 7.11 Å². The van der Waals surface area contributed by atoms with Gasteiger partial charge in [-0.2, -0.15) is 0 Å². The molecule has 1 unspecified atom stereocenters. The van der Waals surface area contributed by atoms with Gasteiger partial charge in [0.05, 0.1) is 7.11 Å².